The summed E-state index contributed by atoms with van der Waals surface area (Å²) in [7, 11) is 0. The predicted octanol–water partition coefficient (Wildman–Crippen LogP) is 6.06. The molecule has 0 fully saturated rings. The lowest BCUT2D eigenvalue weighted by Gasteiger charge is -2.07. The Hall–Kier alpha value is -3.33. The molecular weight excluding hydrogens is 441 g/mol. The summed E-state index contributed by atoms with van der Waals surface area (Å²) in [5, 5.41) is 10.6. The third-order valence-electron chi connectivity index (χ3n) is 5.08. The SMILES string of the molecule is Cc1nc(-c2ccc(C(F)(F)F)cc2)sc1COc1ccc2c(c1)c(C)cn2CC(=O)O. The van der Waals surface area contributed by atoms with Crippen molar-refractivity contribution in [3.8, 4) is 16.3 Å². The van der Waals surface area contributed by atoms with Gasteiger partial charge in [-0.2, -0.15) is 13.2 Å². The van der Waals surface area contributed by atoms with Gasteiger partial charge >= 0.3 is 12.1 Å². The molecule has 0 aliphatic heterocycles. The molecule has 0 spiro atoms. The number of aliphatic carboxylic acids is 1. The van der Waals surface area contributed by atoms with Crippen molar-refractivity contribution in [3.63, 3.8) is 0 Å². The molecule has 4 rings (SSSR count). The third kappa shape index (κ3) is 4.47. The molecule has 2 aromatic carbocycles. The highest BCUT2D eigenvalue weighted by atomic mass is 32.1. The topological polar surface area (TPSA) is 64.4 Å². The first-order valence-electron chi connectivity index (χ1n) is 9.70. The van der Waals surface area contributed by atoms with E-state index in [-0.39, 0.29) is 13.2 Å². The number of fused-ring (bicyclic) bond motifs is 1. The number of rotatable bonds is 6. The second-order valence-electron chi connectivity index (χ2n) is 7.40. The van der Waals surface area contributed by atoms with Gasteiger partial charge in [-0.3, -0.25) is 4.79 Å². The molecule has 0 saturated heterocycles. The van der Waals surface area contributed by atoms with Crippen LogP contribution in [0.3, 0.4) is 0 Å². The number of alkyl halides is 3. The number of thiazole rings is 1. The van der Waals surface area contributed by atoms with E-state index in [9.17, 15) is 18.0 Å². The average Bonchev–Trinajstić information content (AvgIpc) is 3.25. The number of aryl methyl sites for hydroxylation is 2. The first kappa shape index (κ1) is 21.9. The zero-order valence-electron chi connectivity index (χ0n) is 17.2. The van der Waals surface area contributed by atoms with Crippen molar-refractivity contribution in [2.24, 2.45) is 0 Å². The van der Waals surface area contributed by atoms with Gasteiger partial charge in [0.25, 0.3) is 0 Å². The van der Waals surface area contributed by atoms with E-state index >= 15 is 0 Å². The molecule has 0 saturated carbocycles. The van der Waals surface area contributed by atoms with E-state index in [1.807, 2.05) is 26.0 Å². The minimum atomic E-state index is -4.37. The highest BCUT2D eigenvalue weighted by Crippen LogP contribution is 2.33. The van der Waals surface area contributed by atoms with Crippen LogP contribution in [-0.4, -0.2) is 20.6 Å². The van der Waals surface area contributed by atoms with Crippen LogP contribution in [-0.2, 0) is 24.1 Å². The number of benzene rings is 2. The average molecular weight is 460 g/mol. The lowest BCUT2D eigenvalue weighted by atomic mass is 10.1. The van der Waals surface area contributed by atoms with E-state index in [2.05, 4.69) is 4.98 Å². The van der Waals surface area contributed by atoms with Crippen LogP contribution in [0, 0.1) is 13.8 Å². The van der Waals surface area contributed by atoms with Crippen LogP contribution < -0.4 is 4.74 Å². The molecule has 0 radical (unpaired) electrons. The fourth-order valence-electron chi connectivity index (χ4n) is 3.46. The second kappa shape index (κ2) is 8.31. The summed E-state index contributed by atoms with van der Waals surface area (Å²) in [5.41, 5.74) is 2.45. The molecule has 1 N–H and O–H groups in total. The lowest BCUT2D eigenvalue weighted by molar-refractivity contribution is -0.138. The predicted molar refractivity (Wildman–Crippen MR) is 116 cm³/mol. The zero-order valence-corrected chi connectivity index (χ0v) is 18.0. The Morgan fingerprint density at radius 3 is 2.53 bits per heavy atom. The van der Waals surface area contributed by atoms with Crippen LogP contribution in [0.25, 0.3) is 21.5 Å². The summed E-state index contributed by atoms with van der Waals surface area (Å²) in [6, 6.07) is 10.4. The minimum Gasteiger partial charge on any atom is -0.488 e. The number of halogens is 3. The maximum Gasteiger partial charge on any atom is 0.416 e. The quantitative estimate of drug-likeness (QED) is 0.380. The van der Waals surface area contributed by atoms with Crippen LogP contribution in [0.15, 0.2) is 48.7 Å². The number of carboxylic acids is 1. The summed E-state index contributed by atoms with van der Waals surface area (Å²) in [6.07, 6.45) is -2.57. The third-order valence-corrected chi connectivity index (χ3v) is 6.26. The molecule has 0 bridgehead atoms. The highest BCUT2D eigenvalue weighted by Gasteiger charge is 2.30. The fourth-order valence-corrected chi connectivity index (χ4v) is 4.44. The highest BCUT2D eigenvalue weighted by molar-refractivity contribution is 7.15. The normalized spacial score (nSPS) is 11.8. The summed E-state index contributed by atoms with van der Waals surface area (Å²) >= 11 is 1.38. The van der Waals surface area contributed by atoms with Crippen molar-refractivity contribution in [3.05, 3.63) is 70.4 Å². The summed E-state index contributed by atoms with van der Waals surface area (Å²) in [5.74, 6) is -0.274. The van der Waals surface area contributed by atoms with Gasteiger partial charge in [-0.1, -0.05) is 12.1 Å². The summed E-state index contributed by atoms with van der Waals surface area (Å²) in [4.78, 5) is 16.4. The van der Waals surface area contributed by atoms with Gasteiger partial charge in [-0.05, 0) is 49.7 Å². The summed E-state index contributed by atoms with van der Waals surface area (Å²) < 4.78 is 45.9. The van der Waals surface area contributed by atoms with Gasteiger partial charge in [0.05, 0.1) is 16.1 Å². The van der Waals surface area contributed by atoms with Crippen molar-refractivity contribution in [2.75, 3.05) is 0 Å². The van der Waals surface area contributed by atoms with Crippen LogP contribution >= 0.6 is 11.3 Å². The van der Waals surface area contributed by atoms with Gasteiger partial charge in [-0.15, -0.1) is 11.3 Å². The first-order chi connectivity index (χ1) is 15.1. The molecule has 9 heteroatoms. The van der Waals surface area contributed by atoms with Gasteiger partial charge in [-0.25, -0.2) is 4.98 Å². The van der Waals surface area contributed by atoms with Crippen molar-refractivity contribution < 1.29 is 27.8 Å². The molecule has 2 aromatic heterocycles. The molecule has 0 aliphatic carbocycles. The number of nitrogens with zero attached hydrogens (tertiary/aromatic N) is 2. The molecule has 32 heavy (non-hydrogen) atoms. The Labute approximate surface area is 185 Å². The van der Waals surface area contributed by atoms with E-state index in [0.717, 1.165) is 39.2 Å². The Morgan fingerprint density at radius 2 is 1.88 bits per heavy atom. The molecule has 0 unspecified atom stereocenters. The smallest absolute Gasteiger partial charge is 0.416 e. The van der Waals surface area contributed by atoms with Crippen LogP contribution in [0.2, 0.25) is 0 Å². The van der Waals surface area contributed by atoms with E-state index < -0.39 is 17.7 Å². The van der Waals surface area contributed by atoms with Crippen molar-refractivity contribution in [1.29, 1.82) is 0 Å². The molecular formula is C23H19F3N2O3S. The first-order valence-corrected chi connectivity index (χ1v) is 10.5. The standard InChI is InChI=1S/C23H19F3N2O3S/c1-13-10-28(11-21(29)30)19-8-7-17(9-18(13)19)31-12-20-14(2)27-22(32-20)15-3-5-16(6-4-15)23(24,25)26/h3-10H,11-12H2,1-2H3,(H,29,30). The van der Waals surface area contributed by atoms with Crippen molar-refractivity contribution in [2.45, 2.75) is 33.2 Å². The summed E-state index contributed by atoms with van der Waals surface area (Å²) in [6.45, 7) is 3.90. The Kier molecular flexibility index (Phi) is 5.68. The fraction of sp³-hybridized carbons (Fsp3) is 0.217. The van der Waals surface area contributed by atoms with Gasteiger partial charge < -0.3 is 14.4 Å². The Bertz CT molecular complexity index is 1290. The molecule has 2 heterocycles. The van der Waals surface area contributed by atoms with Crippen LogP contribution in [0.4, 0.5) is 13.2 Å². The Balaban J connectivity index is 1.51. The van der Waals surface area contributed by atoms with E-state index in [4.69, 9.17) is 9.84 Å². The van der Waals surface area contributed by atoms with Crippen molar-refractivity contribution in [1.82, 2.24) is 9.55 Å². The number of carboxylic acid groups (broad SMARTS) is 1. The monoisotopic (exact) mass is 460 g/mol. The van der Waals surface area contributed by atoms with Crippen molar-refractivity contribution >= 4 is 28.2 Å². The molecule has 4 aromatic rings. The second-order valence-corrected chi connectivity index (χ2v) is 8.49. The lowest BCUT2D eigenvalue weighted by Crippen LogP contribution is -2.07. The number of aromatic nitrogens is 2. The number of carbonyl (C=O) groups is 1. The van der Waals surface area contributed by atoms with E-state index in [1.54, 1.807) is 16.8 Å². The van der Waals surface area contributed by atoms with Gasteiger partial charge in [0.2, 0.25) is 0 Å². The van der Waals surface area contributed by atoms with Crippen LogP contribution in [0.1, 0.15) is 21.7 Å². The number of hydrogen-bond donors (Lipinski definition) is 1. The maximum absolute atomic E-state index is 12.8. The van der Waals surface area contributed by atoms with E-state index in [1.165, 1.54) is 23.5 Å². The van der Waals surface area contributed by atoms with Gasteiger partial charge in [0.1, 0.15) is 23.9 Å². The number of ether oxygens (including phenoxy) is 1. The molecule has 0 amide bonds. The molecule has 166 valence electrons. The van der Waals surface area contributed by atoms with Gasteiger partial charge in [0.15, 0.2) is 0 Å². The molecule has 0 atom stereocenters. The Morgan fingerprint density at radius 1 is 1.16 bits per heavy atom. The molecule has 5 nitrogen and oxygen atoms in total. The van der Waals surface area contributed by atoms with Crippen LogP contribution in [0.5, 0.6) is 5.75 Å². The van der Waals surface area contributed by atoms with Gasteiger partial charge in [0, 0.05) is 22.7 Å². The largest absolute Gasteiger partial charge is 0.488 e. The minimum absolute atomic E-state index is 0.114. The molecule has 0 aliphatic rings. The maximum atomic E-state index is 12.8. The zero-order chi connectivity index (χ0) is 23.0. The van der Waals surface area contributed by atoms with E-state index in [0.29, 0.717) is 16.3 Å². The number of hydrogen-bond acceptors (Lipinski definition) is 4.